The van der Waals surface area contributed by atoms with E-state index in [1.165, 1.54) is 70.6 Å². The fourth-order valence-electron chi connectivity index (χ4n) is 7.07. The van der Waals surface area contributed by atoms with Crippen molar-refractivity contribution >= 4 is 19.8 Å². The van der Waals surface area contributed by atoms with Gasteiger partial charge in [-0.1, -0.05) is 151 Å². The minimum atomic E-state index is -5.13. The first kappa shape index (κ1) is 58.6. The molecule has 0 heterocycles. The van der Waals surface area contributed by atoms with Crippen LogP contribution in [-0.2, 0) is 32.7 Å². The molecule has 0 aromatic heterocycles. The van der Waals surface area contributed by atoms with E-state index in [1.54, 1.807) is 0 Å². The zero-order valence-corrected chi connectivity index (χ0v) is 39.3. The van der Waals surface area contributed by atoms with Crippen LogP contribution in [0, 0.1) is 0 Å². The molecule has 14 heteroatoms. The second kappa shape index (κ2) is 38.8. The molecule has 0 spiro atoms. The SMILES string of the molecule is C=CCCCCCCCCCCCCCCCC(=O)O[C@@H](COC(=O)CCCCC/C=C/C/C=C/C/C=C/C/C=C/CCCCC)COP(=O)(O)OC1C(O)C(O)C(O)[C@H](O)C1O. The van der Waals surface area contributed by atoms with Crippen LogP contribution in [0.1, 0.15) is 180 Å². The van der Waals surface area contributed by atoms with Gasteiger partial charge in [-0.25, -0.2) is 4.57 Å². The number of phosphoric ester groups is 1. The van der Waals surface area contributed by atoms with E-state index >= 15 is 0 Å². The van der Waals surface area contributed by atoms with Gasteiger partial charge >= 0.3 is 19.8 Å². The molecule has 1 saturated carbocycles. The van der Waals surface area contributed by atoms with Gasteiger partial charge in [0, 0.05) is 12.8 Å². The van der Waals surface area contributed by atoms with Crippen LogP contribution >= 0.6 is 7.82 Å². The van der Waals surface area contributed by atoms with Crippen molar-refractivity contribution in [1.29, 1.82) is 0 Å². The molecule has 63 heavy (non-hydrogen) atoms. The van der Waals surface area contributed by atoms with Gasteiger partial charge in [-0.15, -0.1) is 6.58 Å². The Balaban J connectivity index is 2.46. The van der Waals surface area contributed by atoms with Crippen molar-refractivity contribution in [2.45, 2.75) is 223 Å². The highest BCUT2D eigenvalue weighted by atomic mass is 31.2. The molecule has 6 N–H and O–H groups in total. The molecule has 0 bridgehead atoms. The van der Waals surface area contributed by atoms with Crippen LogP contribution in [0.3, 0.4) is 0 Å². The molecule has 1 fully saturated rings. The Kier molecular flexibility index (Phi) is 36.1. The number of aliphatic hydroxyl groups excluding tert-OH is 5. The Labute approximate surface area is 379 Å². The Morgan fingerprint density at radius 2 is 0.937 bits per heavy atom. The van der Waals surface area contributed by atoms with E-state index in [2.05, 4.69) is 62.1 Å². The van der Waals surface area contributed by atoms with Gasteiger partial charge < -0.3 is 39.9 Å². The van der Waals surface area contributed by atoms with Crippen molar-refractivity contribution in [2.24, 2.45) is 0 Å². The molecular formula is C49H85O13P. The predicted octanol–water partition coefficient (Wildman–Crippen LogP) is 9.73. The number of phosphoric acid groups is 1. The summed E-state index contributed by atoms with van der Waals surface area (Å²) in [5, 5.41) is 50.2. The van der Waals surface area contributed by atoms with E-state index in [-0.39, 0.29) is 12.8 Å². The molecule has 1 aliphatic rings. The highest BCUT2D eigenvalue weighted by Crippen LogP contribution is 2.47. The second-order valence-corrected chi connectivity index (χ2v) is 18.1. The van der Waals surface area contributed by atoms with Crippen LogP contribution in [0.2, 0.25) is 0 Å². The lowest BCUT2D eigenvalue weighted by Gasteiger charge is -2.41. The summed E-state index contributed by atoms with van der Waals surface area (Å²) in [5.41, 5.74) is 0. The fourth-order valence-corrected chi connectivity index (χ4v) is 8.05. The Morgan fingerprint density at radius 3 is 1.43 bits per heavy atom. The number of hydrogen-bond donors (Lipinski definition) is 6. The summed E-state index contributed by atoms with van der Waals surface area (Å²) in [6.07, 6.45) is 33.0. The van der Waals surface area contributed by atoms with Crippen molar-refractivity contribution in [3.05, 3.63) is 61.3 Å². The Hall–Kier alpha value is -2.45. The number of allylic oxidation sites excluding steroid dienone is 9. The van der Waals surface area contributed by atoms with Crippen molar-refractivity contribution in [3.8, 4) is 0 Å². The van der Waals surface area contributed by atoms with E-state index in [1.807, 2.05) is 6.08 Å². The van der Waals surface area contributed by atoms with Gasteiger partial charge in [0.2, 0.25) is 0 Å². The number of hydrogen-bond acceptors (Lipinski definition) is 12. The highest BCUT2D eigenvalue weighted by Gasteiger charge is 2.51. The van der Waals surface area contributed by atoms with E-state index in [0.29, 0.717) is 12.8 Å². The quantitative estimate of drug-likeness (QED) is 0.0147. The minimum Gasteiger partial charge on any atom is -0.462 e. The van der Waals surface area contributed by atoms with Gasteiger partial charge in [0.25, 0.3) is 0 Å². The first-order valence-corrected chi connectivity index (χ1v) is 25.5. The monoisotopic (exact) mass is 913 g/mol. The highest BCUT2D eigenvalue weighted by molar-refractivity contribution is 7.47. The van der Waals surface area contributed by atoms with Crippen molar-refractivity contribution < 1.29 is 63.1 Å². The van der Waals surface area contributed by atoms with Gasteiger partial charge in [0.1, 0.15) is 43.2 Å². The van der Waals surface area contributed by atoms with Gasteiger partial charge in [0.15, 0.2) is 6.10 Å². The third-order valence-corrected chi connectivity index (χ3v) is 12.0. The minimum absolute atomic E-state index is 0.0858. The summed E-state index contributed by atoms with van der Waals surface area (Å²) in [5.74, 6) is -1.14. The van der Waals surface area contributed by atoms with Crippen LogP contribution in [0.25, 0.3) is 0 Å². The Bertz CT molecular complexity index is 1320. The summed E-state index contributed by atoms with van der Waals surface area (Å²) in [6, 6.07) is 0. The van der Waals surface area contributed by atoms with E-state index in [9.17, 15) is 44.6 Å². The third-order valence-electron chi connectivity index (χ3n) is 11.0. The zero-order valence-electron chi connectivity index (χ0n) is 38.4. The summed E-state index contributed by atoms with van der Waals surface area (Å²) in [4.78, 5) is 35.7. The fraction of sp³-hybridized carbons (Fsp3) is 0.755. The lowest BCUT2D eigenvalue weighted by molar-refractivity contribution is -0.220. The first-order chi connectivity index (χ1) is 30.4. The smallest absolute Gasteiger partial charge is 0.462 e. The van der Waals surface area contributed by atoms with Crippen LogP contribution in [0.15, 0.2) is 61.3 Å². The predicted molar refractivity (Wildman–Crippen MR) is 249 cm³/mol. The molecule has 0 aromatic carbocycles. The van der Waals surface area contributed by atoms with Gasteiger partial charge in [-0.2, -0.15) is 0 Å². The molecular weight excluding hydrogens is 828 g/mol. The largest absolute Gasteiger partial charge is 0.472 e. The van der Waals surface area contributed by atoms with Crippen molar-refractivity contribution in [2.75, 3.05) is 13.2 Å². The lowest BCUT2D eigenvalue weighted by Crippen LogP contribution is -2.64. The second-order valence-electron chi connectivity index (χ2n) is 16.7. The molecule has 364 valence electrons. The maximum absolute atomic E-state index is 12.8. The van der Waals surface area contributed by atoms with Gasteiger partial charge in [-0.3, -0.25) is 18.6 Å². The number of rotatable bonds is 40. The van der Waals surface area contributed by atoms with E-state index in [0.717, 1.165) is 77.0 Å². The average Bonchev–Trinajstić information content (AvgIpc) is 3.26. The van der Waals surface area contributed by atoms with Crippen molar-refractivity contribution in [3.63, 3.8) is 0 Å². The molecule has 0 amide bonds. The number of esters is 2. The molecule has 6 unspecified atom stereocenters. The summed E-state index contributed by atoms with van der Waals surface area (Å²) >= 11 is 0. The molecule has 0 aromatic rings. The number of carbonyl (C=O) groups excluding carboxylic acids is 2. The molecule has 1 aliphatic carbocycles. The molecule has 0 saturated heterocycles. The van der Waals surface area contributed by atoms with Crippen LogP contribution in [0.4, 0.5) is 0 Å². The van der Waals surface area contributed by atoms with Crippen LogP contribution < -0.4 is 0 Å². The number of ether oxygens (including phenoxy) is 2. The number of aliphatic hydroxyl groups is 5. The third kappa shape index (κ3) is 31.2. The summed E-state index contributed by atoms with van der Waals surface area (Å²) in [6.45, 7) is 4.78. The van der Waals surface area contributed by atoms with Gasteiger partial charge in [0.05, 0.1) is 6.61 Å². The maximum atomic E-state index is 12.8. The average molecular weight is 913 g/mol. The summed E-state index contributed by atoms with van der Waals surface area (Å²) in [7, 11) is -5.13. The normalized spacial score (nSPS) is 22.0. The van der Waals surface area contributed by atoms with E-state index in [4.69, 9.17) is 18.5 Å². The Morgan fingerprint density at radius 1 is 0.540 bits per heavy atom. The molecule has 8 atom stereocenters. The molecule has 1 rings (SSSR count). The van der Waals surface area contributed by atoms with E-state index < -0.39 is 75.7 Å². The maximum Gasteiger partial charge on any atom is 0.472 e. The van der Waals surface area contributed by atoms with Crippen LogP contribution in [0.5, 0.6) is 0 Å². The zero-order chi connectivity index (χ0) is 46.4. The number of unbranched alkanes of at least 4 members (excludes halogenated alkanes) is 19. The lowest BCUT2D eigenvalue weighted by atomic mass is 9.85. The van der Waals surface area contributed by atoms with Gasteiger partial charge in [-0.05, 0) is 70.6 Å². The molecule has 13 nitrogen and oxygen atoms in total. The topological polar surface area (TPSA) is 210 Å². The molecule has 0 aliphatic heterocycles. The van der Waals surface area contributed by atoms with Crippen LogP contribution in [-0.4, -0.2) is 98.3 Å². The first-order valence-electron chi connectivity index (χ1n) is 24.1. The summed E-state index contributed by atoms with van der Waals surface area (Å²) < 4.78 is 33.5. The molecule has 0 radical (unpaired) electrons. The number of carbonyl (C=O) groups is 2. The van der Waals surface area contributed by atoms with Crippen molar-refractivity contribution in [1.82, 2.24) is 0 Å². The standard InChI is InChI=1S/C49H85O13P/c1-3-5-7-9-11-13-15-17-19-20-21-22-24-25-27-29-31-33-35-37-42(50)59-39-41(40-60-63(57,58)62-49-47(55)45(53)44(52)46(54)48(49)56)61-43(51)38-36-34-32-30-28-26-23-18-16-14-12-10-8-6-4-2/h4,11,13,17,19,21-22,25,27,41,44-49,52-56H,2-3,5-10,12,14-16,18,20,23-24,26,28-40H2,1H3,(H,57,58)/b13-11+,19-17+,22-21+,27-25+/t41-,44?,45-,46?,47?,48?,49?/m0/s1.